The summed E-state index contributed by atoms with van der Waals surface area (Å²) < 4.78 is 12.7. The molecular formula is C15H18N2O3. The maximum Gasteiger partial charge on any atom is 0.270 e. The Kier molecular flexibility index (Phi) is 3.60. The number of furan rings is 1. The van der Waals surface area contributed by atoms with Crippen molar-refractivity contribution in [1.82, 2.24) is 9.47 Å². The molecule has 0 atom stereocenters. The van der Waals surface area contributed by atoms with E-state index < -0.39 is 0 Å². The molecule has 0 aromatic carbocycles. The van der Waals surface area contributed by atoms with Crippen molar-refractivity contribution < 1.29 is 13.9 Å². The maximum atomic E-state index is 12.6. The van der Waals surface area contributed by atoms with Gasteiger partial charge < -0.3 is 18.6 Å². The third kappa shape index (κ3) is 2.25. The number of hydrogen-bond acceptors (Lipinski definition) is 3. The maximum absolute atomic E-state index is 12.6. The van der Waals surface area contributed by atoms with Gasteiger partial charge in [0.25, 0.3) is 5.91 Å². The Hall–Kier alpha value is -2.01. The van der Waals surface area contributed by atoms with E-state index in [9.17, 15) is 4.79 Å². The molecule has 1 fully saturated rings. The second kappa shape index (κ2) is 5.54. The summed E-state index contributed by atoms with van der Waals surface area (Å²) in [5, 5.41) is 0. The van der Waals surface area contributed by atoms with E-state index in [4.69, 9.17) is 9.15 Å². The monoisotopic (exact) mass is 274 g/mol. The van der Waals surface area contributed by atoms with E-state index in [2.05, 4.69) is 0 Å². The summed E-state index contributed by atoms with van der Waals surface area (Å²) in [6, 6.07) is 3.73. The number of amides is 1. The van der Waals surface area contributed by atoms with Crippen LogP contribution < -0.4 is 0 Å². The van der Waals surface area contributed by atoms with Crippen LogP contribution in [0.3, 0.4) is 0 Å². The molecule has 0 bridgehead atoms. The lowest BCUT2D eigenvalue weighted by molar-refractivity contribution is 0.0296. The molecule has 1 amide bonds. The molecule has 0 N–H and O–H groups in total. The Balaban J connectivity index is 1.96. The van der Waals surface area contributed by atoms with E-state index in [1.807, 2.05) is 40.7 Å². The van der Waals surface area contributed by atoms with Crippen LogP contribution in [0.25, 0.3) is 11.1 Å². The number of aromatic nitrogens is 1. The van der Waals surface area contributed by atoms with E-state index in [0.717, 1.165) is 11.1 Å². The zero-order chi connectivity index (χ0) is 13.9. The SMILES string of the molecule is C/C=C\Cn1c(C(=O)N2CCOCC2)cc2occc21. The largest absolute Gasteiger partial charge is 0.463 e. The van der Waals surface area contributed by atoms with Crippen LogP contribution in [-0.2, 0) is 11.3 Å². The van der Waals surface area contributed by atoms with Gasteiger partial charge in [-0.15, -0.1) is 0 Å². The second-order valence-corrected chi connectivity index (χ2v) is 4.78. The lowest BCUT2D eigenvalue weighted by Crippen LogP contribution is -2.41. The van der Waals surface area contributed by atoms with Crippen LogP contribution in [-0.4, -0.2) is 41.7 Å². The Morgan fingerprint density at radius 2 is 2.20 bits per heavy atom. The number of ether oxygens (including phenoxy) is 1. The third-order valence-corrected chi connectivity index (χ3v) is 3.56. The quantitative estimate of drug-likeness (QED) is 0.807. The minimum Gasteiger partial charge on any atom is -0.463 e. The highest BCUT2D eigenvalue weighted by Crippen LogP contribution is 2.22. The Morgan fingerprint density at radius 1 is 1.40 bits per heavy atom. The summed E-state index contributed by atoms with van der Waals surface area (Å²) >= 11 is 0. The molecule has 5 nitrogen and oxygen atoms in total. The van der Waals surface area contributed by atoms with Crippen LogP contribution in [0, 0.1) is 0 Å². The molecule has 0 radical (unpaired) electrons. The average molecular weight is 274 g/mol. The molecule has 5 heteroatoms. The van der Waals surface area contributed by atoms with Crippen LogP contribution in [0.2, 0.25) is 0 Å². The van der Waals surface area contributed by atoms with Crippen LogP contribution in [0.5, 0.6) is 0 Å². The number of fused-ring (bicyclic) bond motifs is 1. The molecule has 3 rings (SSSR count). The lowest BCUT2D eigenvalue weighted by atomic mass is 10.3. The Labute approximate surface area is 117 Å². The van der Waals surface area contributed by atoms with Crippen LogP contribution in [0.4, 0.5) is 0 Å². The summed E-state index contributed by atoms with van der Waals surface area (Å²) in [6.45, 7) is 5.16. The molecule has 0 spiro atoms. The predicted octanol–water partition coefficient (Wildman–Crippen LogP) is 2.28. The molecule has 1 saturated heterocycles. The Bertz CT molecular complexity index is 633. The topological polar surface area (TPSA) is 47.6 Å². The van der Waals surface area contributed by atoms with Gasteiger partial charge in [-0.25, -0.2) is 0 Å². The zero-order valence-corrected chi connectivity index (χ0v) is 11.5. The van der Waals surface area contributed by atoms with E-state index in [-0.39, 0.29) is 5.91 Å². The summed E-state index contributed by atoms with van der Waals surface area (Å²) in [6.07, 6.45) is 5.66. The highest BCUT2D eigenvalue weighted by molar-refractivity contribution is 5.97. The number of morpholine rings is 1. The third-order valence-electron chi connectivity index (χ3n) is 3.56. The molecule has 1 aliphatic rings. The van der Waals surface area contributed by atoms with Crippen molar-refractivity contribution in [1.29, 1.82) is 0 Å². The predicted molar refractivity (Wildman–Crippen MR) is 75.7 cm³/mol. The molecule has 0 aliphatic carbocycles. The summed E-state index contributed by atoms with van der Waals surface area (Å²) in [5.74, 6) is 0.0456. The van der Waals surface area contributed by atoms with Gasteiger partial charge >= 0.3 is 0 Å². The number of hydrogen-bond donors (Lipinski definition) is 0. The van der Waals surface area contributed by atoms with Gasteiger partial charge in [0.1, 0.15) is 5.69 Å². The van der Waals surface area contributed by atoms with Gasteiger partial charge in [-0.1, -0.05) is 12.2 Å². The molecule has 2 aromatic rings. The summed E-state index contributed by atoms with van der Waals surface area (Å²) in [7, 11) is 0. The van der Waals surface area contributed by atoms with Gasteiger partial charge in [0.05, 0.1) is 25.0 Å². The zero-order valence-electron chi connectivity index (χ0n) is 11.5. The van der Waals surface area contributed by atoms with Gasteiger partial charge in [0.2, 0.25) is 0 Å². The van der Waals surface area contributed by atoms with Crippen LogP contribution in [0.1, 0.15) is 17.4 Å². The fraction of sp³-hybridized carbons (Fsp3) is 0.400. The van der Waals surface area contributed by atoms with Crippen molar-refractivity contribution in [2.45, 2.75) is 13.5 Å². The lowest BCUT2D eigenvalue weighted by Gasteiger charge is -2.27. The van der Waals surface area contributed by atoms with Crippen molar-refractivity contribution in [3.05, 3.63) is 36.2 Å². The van der Waals surface area contributed by atoms with Gasteiger partial charge in [-0.05, 0) is 6.92 Å². The summed E-state index contributed by atoms with van der Waals surface area (Å²) in [5.41, 5.74) is 2.39. The molecule has 0 saturated carbocycles. The number of nitrogens with zero attached hydrogens (tertiary/aromatic N) is 2. The van der Waals surface area contributed by atoms with E-state index >= 15 is 0 Å². The Morgan fingerprint density at radius 3 is 2.95 bits per heavy atom. The van der Waals surface area contributed by atoms with Gasteiger partial charge in [-0.2, -0.15) is 0 Å². The molecule has 1 aliphatic heterocycles. The molecule has 20 heavy (non-hydrogen) atoms. The first kappa shape index (κ1) is 13.0. The fourth-order valence-corrected chi connectivity index (χ4v) is 2.49. The molecular weight excluding hydrogens is 256 g/mol. The second-order valence-electron chi connectivity index (χ2n) is 4.78. The molecule has 106 valence electrons. The normalized spacial score (nSPS) is 16.4. The minimum atomic E-state index is 0.0456. The fourth-order valence-electron chi connectivity index (χ4n) is 2.49. The molecule has 3 heterocycles. The van der Waals surface area contributed by atoms with E-state index in [1.54, 1.807) is 6.26 Å². The number of rotatable bonds is 3. The van der Waals surface area contributed by atoms with Crippen molar-refractivity contribution in [2.24, 2.45) is 0 Å². The van der Waals surface area contributed by atoms with E-state index in [1.165, 1.54) is 0 Å². The van der Waals surface area contributed by atoms with Crippen molar-refractivity contribution in [3.8, 4) is 0 Å². The van der Waals surface area contributed by atoms with Crippen LogP contribution in [0.15, 0.2) is 35.0 Å². The van der Waals surface area contributed by atoms with Crippen molar-refractivity contribution >= 4 is 17.0 Å². The van der Waals surface area contributed by atoms with Gasteiger partial charge in [-0.3, -0.25) is 4.79 Å². The highest BCUT2D eigenvalue weighted by Gasteiger charge is 2.23. The van der Waals surface area contributed by atoms with Gasteiger partial charge in [0, 0.05) is 31.8 Å². The summed E-state index contributed by atoms with van der Waals surface area (Å²) in [4.78, 5) is 14.5. The van der Waals surface area contributed by atoms with E-state index in [0.29, 0.717) is 38.5 Å². The average Bonchev–Trinajstić information content (AvgIpc) is 3.06. The van der Waals surface area contributed by atoms with Crippen molar-refractivity contribution in [3.63, 3.8) is 0 Å². The first-order valence-electron chi connectivity index (χ1n) is 6.86. The smallest absolute Gasteiger partial charge is 0.270 e. The molecule has 2 aromatic heterocycles. The minimum absolute atomic E-state index is 0.0456. The number of allylic oxidation sites excluding steroid dienone is 2. The highest BCUT2D eigenvalue weighted by atomic mass is 16.5. The van der Waals surface area contributed by atoms with Crippen molar-refractivity contribution in [2.75, 3.05) is 26.3 Å². The number of carbonyl (C=O) groups excluding carboxylic acids is 1. The first-order valence-corrected chi connectivity index (χ1v) is 6.86. The standard InChI is InChI=1S/C15H18N2O3/c1-2-3-5-17-12-4-8-20-14(12)11-13(17)15(18)16-6-9-19-10-7-16/h2-4,8,11H,5-7,9-10H2,1H3/b3-2-. The van der Waals surface area contributed by atoms with Crippen LogP contribution >= 0.6 is 0 Å². The van der Waals surface area contributed by atoms with Gasteiger partial charge in [0.15, 0.2) is 5.58 Å². The molecule has 0 unspecified atom stereocenters. The first-order chi connectivity index (χ1) is 9.81. The number of carbonyl (C=O) groups is 1.